The summed E-state index contributed by atoms with van der Waals surface area (Å²) >= 11 is 0. The van der Waals surface area contributed by atoms with Gasteiger partial charge in [0.25, 0.3) is 0 Å². The largest absolute Gasteiger partial charge is 0.434 e. The number of hydrogen-bond donors (Lipinski definition) is 0. The van der Waals surface area contributed by atoms with Gasteiger partial charge in [0, 0.05) is 23.7 Å². The highest BCUT2D eigenvalue weighted by molar-refractivity contribution is 7.91. The van der Waals surface area contributed by atoms with Crippen molar-refractivity contribution in [1.29, 1.82) is 0 Å². The number of sulfone groups is 1. The van der Waals surface area contributed by atoms with Crippen molar-refractivity contribution >= 4 is 21.8 Å². The number of halogens is 2. The monoisotopic (exact) mass is 371 g/mol. The number of nitrogens with zero attached hydrogens (tertiary/aromatic N) is 1. The number of carbonyl (C=O) groups excluding carboxylic acids is 1. The van der Waals surface area contributed by atoms with E-state index in [0.29, 0.717) is 12.0 Å². The van der Waals surface area contributed by atoms with Crippen molar-refractivity contribution in [3.05, 3.63) is 35.9 Å². The molecule has 8 heteroatoms. The maximum absolute atomic E-state index is 12.6. The lowest BCUT2D eigenvalue weighted by Crippen LogP contribution is -2.41. The summed E-state index contributed by atoms with van der Waals surface area (Å²) in [4.78, 5) is 14.2. The van der Waals surface area contributed by atoms with Gasteiger partial charge < -0.3 is 9.64 Å². The van der Waals surface area contributed by atoms with Crippen molar-refractivity contribution < 1.29 is 26.7 Å². The standard InChI is InChI=1S/C17H19F2NO4S/c18-17(19)24-15-4-2-1-3-12(15)5-8-16(21)20(13-6-7-13)14-9-10-25(22,23)11-14/h1-5,8,13-14,17H,6-7,9-11H2/b8-5+. The van der Waals surface area contributed by atoms with E-state index < -0.39 is 16.4 Å². The fourth-order valence-electron chi connectivity index (χ4n) is 3.07. The third kappa shape index (κ3) is 4.56. The van der Waals surface area contributed by atoms with Gasteiger partial charge in [-0.25, -0.2) is 8.42 Å². The highest BCUT2D eigenvalue weighted by Gasteiger charge is 2.41. The van der Waals surface area contributed by atoms with E-state index in [9.17, 15) is 22.0 Å². The molecule has 1 heterocycles. The van der Waals surface area contributed by atoms with E-state index in [2.05, 4.69) is 4.74 Å². The molecule has 1 amide bonds. The number of ether oxygens (including phenoxy) is 1. The first-order valence-electron chi connectivity index (χ1n) is 8.10. The topological polar surface area (TPSA) is 63.7 Å². The lowest BCUT2D eigenvalue weighted by molar-refractivity contribution is -0.128. The van der Waals surface area contributed by atoms with Crippen LogP contribution in [0.5, 0.6) is 5.75 Å². The molecule has 1 aromatic carbocycles. The quantitative estimate of drug-likeness (QED) is 0.721. The minimum Gasteiger partial charge on any atom is -0.434 e. The van der Waals surface area contributed by atoms with Gasteiger partial charge in [-0.05, 0) is 31.4 Å². The van der Waals surface area contributed by atoms with Gasteiger partial charge >= 0.3 is 6.61 Å². The predicted molar refractivity (Wildman–Crippen MR) is 89.0 cm³/mol. The number of benzene rings is 1. The lowest BCUT2D eigenvalue weighted by Gasteiger charge is -2.27. The minimum absolute atomic E-state index is 0.00579. The maximum Gasteiger partial charge on any atom is 0.387 e. The molecule has 1 aromatic rings. The van der Waals surface area contributed by atoms with E-state index in [-0.39, 0.29) is 35.2 Å². The normalized spacial score (nSPS) is 22.4. The second-order valence-electron chi connectivity index (χ2n) is 6.28. The summed E-state index contributed by atoms with van der Waals surface area (Å²) in [5.41, 5.74) is 0.367. The Hall–Kier alpha value is -1.96. The van der Waals surface area contributed by atoms with Crippen molar-refractivity contribution in [2.75, 3.05) is 11.5 Å². The fourth-order valence-corrected chi connectivity index (χ4v) is 4.79. The van der Waals surface area contributed by atoms with E-state index in [0.717, 1.165) is 12.8 Å². The second kappa shape index (κ2) is 7.11. The molecule has 0 aromatic heterocycles. The third-order valence-electron chi connectivity index (χ3n) is 4.34. The molecule has 1 saturated carbocycles. The van der Waals surface area contributed by atoms with Gasteiger partial charge in [0.1, 0.15) is 5.75 Å². The Morgan fingerprint density at radius 2 is 1.92 bits per heavy atom. The van der Waals surface area contributed by atoms with Gasteiger partial charge in [-0.15, -0.1) is 0 Å². The molecular formula is C17H19F2NO4S. The molecule has 2 fully saturated rings. The molecule has 1 aliphatic carbocycles. The first-order chi connectivity index (χ1) is 11.9. The summed E-state index contributed by atoms with van der Waals surface area (Å²) in [6, 6.07) is 5.97. The molecule has 1 saturated heterocycles. The molecule has 3 rings (SSSR count). The first-order valence-corrected chi connectivity index (χ1v) is 9.92. The highest BCUT2D eigenvalue weighted by atomic mass is 32.2. The Morgan fingerprint density at radius 1 is 1.20 bits per heavy atom. The molecule has 0 spiro atoms. The zero-order valence-electron chi connectivity index (χ0n) is 13.5. The summed E-state index contributed by atoms with van der Waals surface area (Å²) in [7, 11) is -3.09. The molecule has 1 unspecified atom stereocenters. The second-order valence-corrected chi connectivity index (χ2v) is 8.51. The van der Waals surface area contributed by atoms with Crippen molar-refractivity contribution in [3.63, 3.8) is 0 Å². The summed E-state index contributed by atoms with van der Waals surface area (Å²) < 4.78 is 52.7. The average Bonchev–Trinajstić information content (AvgIpc) is 3.30. The summed E-state index contributed by atoms with van der Waals surface area (Å²) in [5, 5.41) is 0. The third-order valence-corrected chi connectivity index (χ3v) is 6.09. The molecular weight excluding hydrogens is 352 g/mol. The molecule has 2 aliphatic rings. The zero-order valence-corrected chi connectivity index (χ0v) is 14.3. The first kappa shape index (κ1) is 17.8. The van der Waals surface area contributed by atoms with Crippen LogP contribution in [0.25, 0.3) is 6.08 Å². The number of para-hydroxylation sites is 1. The molecule has 25 heavy (non-hydrogen) atoms. The fraction of sp³-hybridized carbons (Fsp3) is 0.471. The van der Waals surface area contributed by atoms with Crippen molar-refractivity contribution in [2.24, 2.45) is 0 Å². The van der Waals surface area contributed by atoms with E-state index in [4.69, 9.17) is 0 Å². The van der Waals surface area contributed by atoms with Crippen LogP contribution in [0.1, 0.15) is 24.8 Å². The zero-order chi connectivity index (χ0) is 18.0. The number of rotatable bonds is 6. The van der Waals surface area contributed by atoms with Crippen LogP contribution in [-0.4, -0.2) is 49.4 Å². The van der Waals surface area contributed by atoms with Crippen LogP contribution in [0, 0.1) is 0 Å². The minimum atomic E-state index is -3.09. The molecule has 1 atom stereocenters. The summed E-state index contributed by atoms with van der Waals surface area (Å²) in [6.07, 6.45) is 4.90. The van der Waals surface area contributed by atoms with Crippen LogP contribution in [-0.2, 0) is 14.6 Å². The Labute approximate surface area is 145 Å². The van der Waals surface area contributed by atoms with Crippen LogP contribution in [0.4, 0.5) is 8.78 Å². The van der Waals surface area contributed by atoms with Crippen molar-refractivity contribution in [2.45, 2.75) is 38.0 Å². The number of alkyl halides is 2. The van der Waals surface area contributed by atoms with Gasteiger partial charge in [0.15, 0.2) is 9.84 Å². The van der Waals surface area contributed by atoms with Gasteiger partial charge in [-0.2, -0.15) is 8.78 Å². The van der Waals surface area contributed by atoms with Crippen molar-refractivity contribution in [1.82, 2.24) is 4.90 Å². The average molecular weight is 371 g/mol. The van der Waals surface area contributed by atoms with Crippen LogP contribution in [0.3, 0.4) is 0 Å². The Morgan fingerprint density at radius 3 is 2.52 bits per heavy atom. The molecule has 0 bridgehead atoms. The van der Waals surface area contributed by atoms with E-state index in [1.54, 1.807) is 23.1 Å². The Balaban J connectivity index is 1.75. The SMILES string of the molecule is O=C(/C=C/c1ccccc1OC(F)F)N(C1CC1)C1CCS(=O)(=O)C1. The summed E-state index contributed by atoms with van der Waals surface area (Å²) in [6.45, 7) is -2.95. The Kier molecular flexibility index (Phi) is 5.08. The summed E-state index contributed by atoms with van der Waals surface area (Å²) in [5.74, 6) is -0.212. The molecule has 136 valence electrons. The van der Waals surface area contributed by atoms with Gasteiger partial charge in [0.05, 0.1) is 11.5 Å². The van der Waals surface area contributed by atoms with Crippen LogP contribution in [0.2, 0.25) is 0 Å². The van der Waals surface area contributed by atoms with Crippen LogP contribution < -0.4 is 4.74 Å². The van der Waals surface area contributed by atoms with Gasteiger partial charge in [-0.3, -0.25) is 4.79 Å². The maximum atomic E-state index is 12.6. The van der Waals surface area contributed by atoms with Crippen molar-refractivity contribution in [3.8, 4) is 5.75 Å². The number of carbonyl (C=O) groups is 1. The molecule has 1 aliphatic heterocycles. The van der Waals surface area contributed by atoms with Gasteiger partial charge in [-0.1, -0.05) is 18.2 Å². The van der Waals surface area contributed by atoms with Gasteiger partial charge in [0.2, 0.25) is 5.91 Å². The van der Waals surface area contributed by atoms with E-state index >= 15 is 0 Å². The number of amides is 1. The Bertz CT molecular complexity index is 775. The molecule has 5 nitrogen and oxygen atoms in total. The van der Waals surface area contributed by atoms with E-state index in [1.165, 1.54) is 18.2 Å². The number of hydrogen-bond acceptors (Lipinski definition) is 4. The predicted octanol–water partition coefficient (Wildman–Crippen LogP) is 2.48. The smallest absolute Gasteiger partial charge is 0.387 e. The van der Waals surface area contributed by atoms with Crippen LogP contribution in [0.15, 0.2) is 30.3 Å². The molecule has 0 radical (unpaired) electrons. The van der Waals surface area contributed by atoms with E-state index in [1.807, 2.05) is 0 Å². The molecule has 0 N–H and O–H groups in total. The highest BCUT2D eigenvalue weighted by Crippen LogP contribution is 2.32. The lowest BCUT2D eigenvalue weighted by atomic mass is 10.1. The van der Waals surface area contributed by atoms with Crippen LogP contribution >= 0.6 is 0 Å².